The molecule has 0 unspecified atom stereocenters. The number of pyridine rings is 1. The van der Waals surface area contributed by atoms with E-state index in [2.05, 4.69) is 21.5 Å². The van der Waals surface area contributed by atoms with Crippen molar-refractivity contribution in [3.8, 4) is 0 Å². The molecule has 5 heteroatoms. The molecule has 2 rings (SSSR count). The zero-order valence-corrected chi connectivity index (χ0v) is 10.2. The van der Waals surface area contributed by atoms with Gasteiger partial charge < -0.3 is 5.32 Å². The fraction of sp³-hybridized carbons (Fsp3) is 0.273. The molecule has 84 valence electrons. The highest BCUT2D eigenvalue weighted by atomic mass is 32.2. The molecule has 0 radical (unpaired) electrons. The molecule has 0 amide bonds. The fourth-order valence-corrected chi connectivity index (χ4v) is 2.32. The van der Waals surface area contributed by atoms with E-state index in [0.717, 1.165) is 16.5 Å². The van der Waals surface area contributed by atoms with Crippen LogP contribution in [0.15, 0.2) is 40.6 Å². The highest BCUT2D eigenvalue weighted by Crippen LogP contribution is 2.27. The van der Waals surface area contributed by atoms with Gasteiger partial charge in [-0.15, -0.1) is 0 Å². The number of nitrogens with one attached hydrogen (secondary N) is 1. The van der Waals surface area contributed by atoms with Crippen molar-refractivity contribution in [2.45, 2.75) is 16.5 Å². The van der Waals surface area contributed by atoms with Gasteiger partial charge in [-0.05, 0) is 18.7 Å². The lowest BCUT2D eigenvalue weighted by Crippen LogP contribution is -2.06. The molecule has 2 heterocycles. The van der Waals surface area contributed by atoms with E-state index in [-0.39, 0.29) is 0 Å². The Morgan fingerprint density at radius 3 is 3.06 bits per heavy atom. The van der Waals surface area contributed by atoms with E-state index in [1.165, 1.54) is 5.56 Å². The molecule has 0 fully saturated rings. The van der Waals surface area contributed by atoms with Gasteiger partial charge in [-0.2, -0.15) is 5.10 Å². The van der Waals surface area contributed by atoms with Gasteiger partial charge in [-0.25, -0.2) is 4.98 Å². The van der Waals surface area contributed by atoms with Gasteiger partial charge in [0.25, 0.3) is 0 Å². The molecule has 0 saturated heterocycles. The van der Waals surface area contributed by atoms with E-state index in [9.17, 15) is 0 Å². The van der Waals surface area contributed by atoms with E-state index >= 15 is 0 Å². The fourth-order valence-electron chi connectivity index (χ4n) is 1.40. The summed E-state index contributed by atoms with van der Waals surface area (Å²) in [6.45, 7) is 0.830. The van der Waals surface area contributed by atoms with E-state index < -0.39 is 0 Å². The van der Waals surface area contributed by atoms with Crippen LogP contribution in [-0.2, 0) is 13.6 Å². The Hall–Kier alpha value is -1.33. The highest BCUT2D eigenvalue weighted by Gasteiger charge is 2.05. The van der Waals surface area contributed by atoms with Crippen LogP contribution < -0.4 is 5.32 Å². The maximum Gasteiger partial charge on any atom is 0.105 e. The first-order valence-electron chi connectivity index (χ1n) is 5.04. The van der Waals surface area contributed by atoms with Crippen molar-refractivity contribution < 1.29 is 0 Å². The van der Waals surface area contributed by atoms with Crippen molar-refractivity contribution in [1.29, 1.82) is 0 Å². The summed E-state index contributed by atoms with van der Waals surface area (Å²) in [5.41, 5.74) is 1.21. The van der Waals surface area contributed by atoms with Gasteiger partial charge in [0.1, 0.15) is 5.03 Å². The average Bonchev–Trinajstić information content (AvgIpc) is 2.67. The smallest absolute Gasteiger partial charge is 0.105 e. The van der Waals surface area contributed by atoms with Crippen LogP contribution in [0.5, 0.6) is 0 Å². The summed E-state index contributed by atoms with van der Waals surface area (Å²) in [4.78, 5) is 5.50. The summed E-state index contributed by atoms with van der Waals surface area (Å²) in [6.07, 6.45) is 5.66. The summed E-state index contributed by atoms with van der Waals surface area (Å²) in [5.74, 6) is 0. The summed E-state index contributed by atoms with van der Waals surface area (Å²) < 4.78 is 1.79. The first-order chi connectivity index (χ1) is 7.79. The molecule has 0 aliphatic rings. The van der Waals surface area contributed by atoms with Crippen molar-refractivity contribution in [3.63, 3.8) is 0 Å². The van der Waals surface area contributed by atoms with Crippen LogP contribution in [0.2, 0.25) is 0 Å². The minimum atomic E-state index is 0.830. The zero-order chi connectivity index (χ0) is 11.4. The predicted octanol–water partition coefficient (Wildman–Crippen LogP) is 1.69. The third kappa shape index (κ3) is 2.62. The molecule has 0 aliphatic heterocycles. The molecule has 16 heavy (non-hydrogen) atoms. The number of hydrogen-bond acceptors (Lipinski definition) is 4. The van der Waals surface area contributed by atoms with Crippen molar-refractivity contribution >= 4 is 11.8 Å². The number of hydrogen-bond donors (Lipinski definition) is 1. The lowest BCUT2D eigenvalue weighted by atomic mass is 10.3. The molecule has 0 aromatic carbocycles. The molecule has 2 aromatic heterocycles. The topological polar surface area (TPSA) is 42.7 Å². The third-order valence-corrected chi connectivity index (χ3v) is 3.12. The second kappa shape index (κ2) is 5.14. The monoisotopic (exact) mass is 234 g/mol. The first-order valence-corrected chi connectivity index (χ1v) is 5.86. The van der Waals surface area contributed by atoms with Gasteiger partial charge >= 0.3 is 0 Å². The quantitative estimate of drug-likeness (QED) is 0.874. The van der Waals surface area contributed by atoms with Crippen molar-refractivity contribution in [2.75, 3.05) is 7.05 Å². The Morgan fingerprint density at radius 1 is 1.50 bits per heavy atom. The number of aryl methyl sites for hydroxylation is 1. The molecule has 0 spiro atoms. The maximum atomic E-state index is 4.39. The van der Waals surface area contributed by atoms with Crippen molar-refractivity contribution in [1.82, 2.24) is 20.1 Å². The highest BCUT2D eigenvalue weighted by molar-refractivity contribution is 7.99. The number of nitrogens with zero attached hydrogens (tertiary/aromatic N) is 3. The minimum absolute atomic E-state index is 0.830. The molecule has 2 aromatic rings. The summed E-state index contributed by atoms with van der Waals surface area (Å²) >= 11 is 1.64. The Morgan fingerprint density at radius 2 is 2.38 bits per heavy atom. The SMILES string of the molecule is CNCc1cccnc1Sc1cnn(C)c1. The molecule has 0 aliphatic carbocycles. The second-order valence-corrected chi connectivity index (χ2v) is 4.51. The normalized spacial score (nSPS) is 10.6. The zero-order valence-electron chi connectivity index (χ0n) is 9.34. The molecular weight excluding hydrogens is 220 g/mol. The summed E-state index contributed by atoms with van der Waals surface area (Å²) in [7, 11) is 3.85. The number of rotatable bonds is 4. The van der Waals surface area contributed by atoms with E-state index in [0.29, 0.717) is 0 Å². The summed E-state index contributed by atoms with van der Waals surface area (Å²) in [6, 6.07) is 4.04. The largest absolute Gasteiger partial charge is 0.316 e. The molecule has 1 N–H and O–H groups in total. The van der Waals surface area contributed by atoms with Crippen LogP contribution in [0, 0.1) is 0 Å². The Bertz CT molecular complexity index is 467. The van der Waals surface area contributed by atoms with E-state index in [1.807, 2.05) is 38.8 Å². The van der Waals surface area contributed by atoms with E-state index in [4.69, 9.17) is 0 Å². The number of aromatic nitrogens is 3. The van der Waals surface area contributed by atoms with Crippen LogP contribution >= 0.6 is 11.8 Å². The lowest BCUT2D eigenvalue weighted by Gasteiger charge is -2.05. The van der Waals surface area contributed by atoms with Gasteiger partial charge in [-0.3, -0.25) is 4.68 Å². The van der Waals surface area contributed by atoms with Gasteiger partial charge in [0.2, 0.25) is 0 Å². The Balaban J connectivity index is 2.20. The van der Waals surface area contributed by atoms with Gasteiger partial charge in [0.15, 0.2) is 0 Å². The molecule has 0 atom stereocenters. The minimum Gasteiger partial charge on any atom is -0.316 e. The Labute approximate surface area is 99.1 Å². The molecule has 0 saturated carbocycles. The average molecular weight is 234 g/mol. The van der Waals surface area contributed by atoms with Crippen LogP contribution in [-0.4, -0.2) is 21.8 Å². The van der Waals surface area contributed by atoms with Crippen LogP contribution in [0.1, 0.15) is 5.56 Å². The first kappa shape index (κ1) is 11.2. The van der Waals surface area contributed by atoms with Crippen LogP contribution in [0.3, 0.4) is 0 Å². The van der Waals surface area contributed by atoms with Crippen LogP contribution in [0.25, 0.3) is 0 Å². The van der Waals surface area contributed by atoms with Gasteiger partial charge in [0, 0.05) is 26.0 Å². The van der Waals surface area contributed by atoms with Gasteiger partial charge in [0.05, 0.1) is 11.1 Å². The van der Waals surface area contributed by atoms with Crippen molar-refractivity contribution in [3.05, 3.63) is 36.3 Å². The van der Waals surface area contributed by atoms with Crippen LogP contribution in [0.4, 0.5) is 0 Å². The van der Waals surface area contributed by atoms with Gasteiger partial charge in [-0.1, -0.05) is 17.8 Å². The predicted molar refractivity (Wildman–Crippen MR) is 64.3 cm³/mol. The maximum absolute atomic E-state index is 4.39. The van der Waals surface area contributed by atoms with E-state index in [1.54, 1.807) is 16.4 Å². The van der Waals surface area contributed by atoms with Crippen molar-refractivity contribution in [2.24, 2.45) is 7.05 Å². The molecule has 4 nitrogen and oxygen atoms in total. The molecular formula is C11H14N4S. The lowest BCUT2D eigenvalue weighted by molar-refractivity contribution is 0.766. The standard InChI is InChI=1S/C11H14N4S/c1-12-6-9-4-3-5-13-11(9)16-10-7-14-15(2)8-10/h3-5,7-8,12H,6H2,1-2H3. The second-order valence-electron chi connectivity index (χ2n) is 3.45. The third-order valence-electron chi connectivity index (χ3n) is 2.11. The Kier molecular flexibility index (Phi) is 3.58. The summed E-state index contributed by atoms with van der Waals surface area (Å²) in [5, 5.41) is 8.31. The molecule has 0 bridgehead atoms.